The number of aryl methyl sites for hydroxylation is 1. The van der Waals surface area contributed by atoms with Gasteiger partial charge in [-0.3, -0.25) is 9.59 Å². The number of likely N-dealkylation sites (tertiary alicyclic amines) is 1. The predicted molar refractivity (Wildman–Crippen MR) is 182 cm³/mol. The fourth-order valence-electron chi connectivity index (χ4n) is 8.23. The van der Waals surface area contributed by atoms with E-state index in [4.69, 9.17) is 9.47 Å². The first-order chi connectivity index (χ1) is 22.9. The third-order valence-electron chi connectivity index (χ3n) is 10.6. The Morgan fingerprint density at radius 1 is 1.02 bits per heavy atom. The van der Waals surface area contributed by atoms with Crippen LogP contribution in [0.5, 0.6) is 0 Å². The summed E-state index contributed by atoms with van der Waals surface area (Å²) in [6.45, 7) is 9.04. The zero-order chi connectivity index (χ0) is 34.6. The molecule has 5 rings (SSSR count). The van der Waals surface area contributed by atoms with Crippen LogP contribution in [0, 0.1) is 30.6 Å². The molecule has 48 heavy (non-hydrogen) atoms. The summed E-state index contributed by atoms with van der Waals surface area (Å²) in [7, 11) is 0. The van der Waals surface area contributed by atoms with Gasteiger partial charge in [-0.25, -0.2) is 14.0 Å². The molecular weight excluding hydrogens is 615 g/mol. The van der Waals surface area contributed by atoms with Crippen LogP contribution in [-0.2, 0) is 19.1 Å². The summed E-state index contributed by atoms with van der Waals surface area (Å²) in [5.74, 6) is -0.441. The number of anilines is 1. The molecule has 2 aliphatic carbocycles. The average molecular weight is 669 g/mol. The van der Waals surface area contributed by atoms with Gasteiger partial charge in [0, 0.05) is 29.1 Å². The number of alkyl carbamates (subject to hydrolysis) is 1. The summed E-state index contributed by atoms with van der Waals surface area (Å²) in [6.07, 6.45) is 8.20. The molecule has 2 aromatic rings. The standard InChI is InChI=1S/C37H53FN4O6/c1-6-47-35(45)31-22(2)28-20-26(16-17-29(28)40-31)39-33(43)32-27(23-10-8-7-9-11-23)18-19-42(32)34(44)25-14-12-24(13-15-25)30(21-38)41-36(46)48-37(3,4)5/h16-17,20,23-25,27,30,32,40H,6-15,18-19,21H2,1-5H3,(H,39,43)(H,41,46)/t24?,25?,27-,30+,32-/m0/s1. The quantitative estimate of drug-likeness (QED) is 0.246. The number of benzene rings is 1. The Kier molecular flexibility index (Phi) is 11.4. The van der Waals surface area contributed by atoms with Crippen LogP contribution in [0.3, 0.4) is 0 Å². The number of H-pyrrole nitrogens is 1. The zero-order valence-corrected chi connectivity index (χ0v) is 29.2. The first-order valence-electron chi connectivity index (χ1n) is 17.9. The highest BCUT2D eigenvalue weighted by Crippen LogP contribution is 2.41. The number of nitrogens with zero attached hydrogens (tertiary/aromatic N) is 1. The second-order valence-corrected chi connectivity index (χ2v) is 14.9. The van der Waals surface area contributed by atoms with Crippen LogP contribution in [0.15, 0.2) is 18.2 Å². The van der Waals surface area contributed by atoms with Gasteiger partial charge >= 0.3 is 12.1 Å². The molecule has 264 valence electrons. The number of hydrogen-bond donors (Lipinski definition) is 3. The SMILES string of the molecule is CCOC(=O)c1[nH]c2ccc(NC(=O)[C@@H]3[C@H](C4CCCCC4)CCN3C(=O)C3CCC([C@@H](CF)NC(=O)OC(C)(C)C)CC3)cc2c1C. The van der Waals surface area contributed by atoms with Crippen LogP contribution in [0.4, 0.5) is 14.9 Å². The summed E-state index contributed by atoms with van der Waals surface area (Å²) >= 11 is 0. The summed E-state index contributed by atoms with van der Waals surface area (Å²) in [5.41, 5.74) is 1.86. The number of aromatic amines is 1. The fourth-order valence-corrected chi connectivity index (χ4v) is 8.23. The average Bonchev–Trinajstić information content (AvgIpc) is 3.65. The van der Waals surface area contributed by atoms with E-state index in [9.17, 15) is 23.6 Å². The van der Waals surface area contributed by atoms with Crippen LogP contribution in [0.2, 0.25) is 0 Å². The zero-order valence-electron chi connectivity index (χ0n) is 29.2. The van der Waals surface area contributed by atoms with Gasteiger partial charge < -0.3 is 30.0 Å². The van der Waals surface area contributed by atoms with Crippen molar-refractivity contribution >= 4 is 40.5 Å². The van der Waals surface area contributed by atoms with Gasteiger partial charge in [0.25, 0.3) is 0 Å². The minimum absolute atomic E-state index is 0.000168. The molecule has 1 aromatic carbocycles. The van der Waals surface area contributed by atoms with Crippen LogP contribution in [0.25, 0.3) is 10.9 Å². The number of halogens is 1. The Balaban J connectivity index is 1.29. The number of amides is 3. The third-order valence-corrected chi connectivity index (χ3v) is 10.6. The molecule has 10 nitrogen and oxygen atoms in total. The number of hydrogen-bond acceptors (Lipinski definition) is 6. The molecule has 11 heteroatoms. The van der Waals surface area contributed by atoms with Crippen molar-refractivity contribution in [2.45, 2.75) is 117 Å². The number of esters is 1. The fraction of sp³-hybridized carbons (Fsp3) is 0.676. The number of rotatable bonds is 9. The number of ether oxygens (including phenoxy) is 2. The van der Waals surface area contributed by atoms with Crippen molar-refractivity contribution < 1.29 is 33.0 Å². The van der Waals surface area contributed by atoms with Gasteiger partial charge in [0.15, 0.2) is 0 Å². The Labute approximate surface area is 283 Å². The van der Waals surface area contributed by atoms with E-state index in [2.05, 4.69) is 15.6 Å². The highest BCUT2D eigenvalue weighted by Gasteiger charge is 2.47. The topological polar surface area (TPSA) is 130 Å². The van der Waals surface area contributed by atoms with Crippen molar-refractivity contribution in [2.24, 2.45) is 23.7 Å². The molecule has 0 bridgehead atoms. The van der Waals surface area contributed by atoms with E-state index in [0.29, 0.717) is 49.5 Å². The summed E-state index contributed by atoms with van der Waals surface area (Å²) < 4.78 is 24.6. The van der Waals surface area contributed by atoms with Crippen molar-refractivity contribution in [3.8, 4) is 0 Å². The molecule has 0 spiro atoms. The van der Waals surface area contributed by atoms with Gasteiger partial charge in [-0.15, -0.1) is 0 Å². The first-order valence-corrected chi connectivity index (χ1v) is 17.9. The number of alkyl halides is 1. The van der Waals surface area contributed by atoms with E-state index in [1.54, 1.807) is 27.7 Å². The molecule has 3 N–H and O–H groups in total. The van der Waals surface area contributed by atoms with Gasteiger partial charge in [-0.2, -0.15) is 0 Å². The molecule has 2 saturated carbocycles. The maximum Gasteiger partial charge on any atom is 0.407 e. The molecule has 3 atom stereocenters. The van der Waals surface area contributed by atoms with E-state index in [-0.39, 0.29) is 36.2 Å². The lowest BCUT2D eigenvalue weighted by Gasteiger charge is -2.37. The Hall–Kier alpha value is -3.63. The van der Waals surface area contributed by atoms with Crippen molar-refractivity contribution in [3.05, 3.63) is 29.5 Å². The van der Waals surface area contributed by atoms with E-state index < -0.39 is 36.4 Å². The lowest BCUT2D eigenvalue weighted by molar-refractivity contribution is -0.142. The second kappa shape index (κ2) is 15.3. The van der Waals surface area contributed by atoms with Crippen LogP contribution < -0.4 is 10.6 Å². The first kappa shape index (κ1) is 35.7. The van der Waals surface area contributed by atoms with Crippen LogP contribution in [-0.4, -0.2) is 71.3 Å². The van der Waals surface area contributed by atoms with E-state index in [1.807, 2.05) is 30.0 Å². The summed E-state index contributed by atoms with van der Waals surface area (Å²) in [6, 6.07) is 4.30. The van der Waals surface area contributed by atoms with E-state index in [1.165, 1.54) is 6.42 Å². The minimum Gasteiger partial charge on any atom is -0.461 e. The summed E-state index contributed by atoms with van der Waals surface area (Å²) in [4.78, 5) is 58.1. The van der Waals surface area contributed by atoms with Crippen molar-refractivity contribution in [2.75, 3.05) is 25.1 Å². The van der Waals surface area contributed by atoms with Crippen LogP contribution >= 0.6 is 0 Å². The van der Waals surface area contributed by atoms with Gasteiger partial charge in [-0.05, 0) is 108 Å². The molecule has 0 radical (unpaired) electrons. The molecule has 3 amide bonds. The molecule has 2 heterocycles. The molecule has 0 unspecified atom stereocenters. The van der Waals surface area contributed by atoms with E-state index in [0.717, 1.165) is 48.6 Å². The predicted octanol–water partition coefficient (Wildman–Crippen LogP) is 7.06. The molecule has 1 saturated heterocycles. The highest BCUT2D eigenvalue weighted by molar-refractivity contribution is 6.02. The van der Waals surface area contributed by atoms with Crippen molar-refractivity contribution in [1.29, 1.82) is 0 Å². The van der Waals surface area contributed by atoms with Crippen molar-refractivity contribution in [3.63, 3.8) is 0 Å². The monoisotopic (exact) mass is 668 g/mol. The largest absolute Gasteiger partial charge is 0.461 e. The lowest BCUT2D eigenvalue weighted by atomic mass is 9.76. The molecule has 3 aliphatic rings. The number of carbonyl (C=O) groups is 4. The molecular formula is C37H53FN4O6. The van der Waals surface area contributed by atoms with Crippen molar-refractivity contribution in [1.82, 2.24) is 15.2 Å². The molecule has 3 fully saturated rings. The Morgan fingerprint density at radius 3 is 2.38 bits per heavy atom. The lowest BCUT2D eigenvalue weighted by Crippen LogP contribution is -2.50. The third kappa shape index (κ3) is 8.14. The van der Waals surface area contributed by atoms with Gasteiger partial charge in [0.05, 0.1) is 12.6 Å². The summed E-state index contributed by atoms with van der Waals surface area (Å²) in [5, 5.41) is 6.65. The molecule has 1 aromatic heterocycles. The minimum atomic E-state index is -0.696. The maximum absolute atomic E-state index is 14.2. The maximum atomic E-state index is 14.2. The highest BCUT2D eigenvalue weighted by atomic mass is 19.1. The van der Waals surface area contributed by atoms with E-state index >= 15 is 0 Å². The Bertz CT molecular complexity index is 1470. The normalized spacial score (nSPS) is 24.2. The number of carbonyl (C=O) groups excluding carboxylic acids is 4. The Morgan fingerprint density at radius 2 is 1.73 bits per heavy atom. The number of nitrogens with one attached hydrogen (secondary N) is 3. The van der Waals surface area contributed by atoms with Gasteiger partial charge in [0.1, 0.15) is 24.0 Å². The van der Waals surface area contributed by atoms with Gasteiger partial charge in [-0.1, -0.05) is 32.1 Å². The van der Waals surface area contributed by atoms with Gasteiger partial charge in [0.2, 0.25) is 11.8 Å². The number of fused-ring (bicyclic) bond motifs is 1. The second-order valence-electron chi connectivity index (χ2n) is 14.9. The van der Waals surface area contributed by atoms with Crippen LogP contribution in [0.1, 0.15) is 108 Å². The smallest absolute Gasteiger partial charge is 0.407 e. The molecule has 1 aliphatic heterocycles. The number of aromatic nitrogens is 1.